The van der Waals surface area contributed by atoms with Crippen molar-refractivity contribution in [3.8, 4) is 0 Å². The van der Waals surface area contributed by atoms with Crippen molar-refractivity contribution in [2.45, 2.75) is 43.8 Å². The fourth-order valence-corrected chi connectivity index (χ4v) is 4.16. The lowest BCUT2D eigenvalue weighted by Gasteiger charge is -2.08. The first kappa shape index (κ1) is 20.1. The monoisotopic (exact) mass is 425 g/mol. The summed E-state index contributed by atoms with van der Waals surface area (Å²) in [5.41, 5.74) is 0.956. The van der Waals surface area contributed by atoms with E-state index in [-0.39, 0.29) is 0 Å². The Bertz CT molecular complexity index is 1270. The van der Waals surface area contributed by atoms with Crippen LogP contribution in [-0.4, -0.2) is 33.9 Å². The van der Waals surface area contributed by atoms with Crippen LogP contribution in [0.2, 0.25) is 0 Å². The summed E-state index contributed by atoms with van der Waals surface area (Å²) in [5, 5.41) is 8.76. The van der Waals surface area contributed by atoms with Crippen molar-refractivity contribution in [2.24, 2.45) is 7.05 Å². The van der Waals surface area contributed by atoms with E-state index in [9.17, 15) is 9.59 Å². The zero-order valence-electron chi connectivity index (χ0n) is 16.9. The molecule has 0 bridgehead atoms. The van der Waals surface area contributed by atoms with Crippen molar-refractivity contribution < 1.29 is 0 Å². The number of aromatic amines is 1. The number of thioether (sulfide) groups is 1. The molecule has 0 spiro atoms. The highest BCUT2D eigenvalue weighted by Gasteiger charge is 2.19. The van der Waals surface area contributed by atoms with Crippen molar-refractivity contribution in [3.63, 3.8) is 0 Å². The molecule has 10 heteroatoms. The summed E-state index contributed by atoms with van der Waals surface area (Å²) in [6, 6.07) is 9.67. The minimum Gasteiger partial charge on any atom is -0.321 e. The van der Waals surface area contributed by atoms with Crippen molar-refractivity contribution in [2.75, 3.05) is 0 Å². The van der Waals surface area contributed by atoms with Gasteiger partial charge in [-0.15, -0.1) is 10.2 Å². The van der Waals surface area contributed by atoms with Crippen LogP contribution in [-0.2, 0) is 25.9 Å². The maximum absolute atomic E-state index is 12.7. The van der Waals surface area contributed by atoms with Gasteiger partial charge in [0.2, 0.25) is 0 Å². The SMILES string of the molecule is CCCCn1c(CSc2nncn2C)nc2c1c(=O)[nH]c(=O)n2Cc1ccccc1. The first-order valence-electron chi connectivity index (χ1n) is 9.81. The summed E-state index contributed by atoms with van der Waals surface area (Å²) in [7, 11) is 1.88. The van der Waals surface area contributed by atoms with Crippen molar-refractivity contribution >= 4 is 22.9 Å². The third-order valence-corrected chi connectivity index (χ3v) is 5.91. The number of aryl methyl sites for hydroxylation is 2. The van der Waals surface area contributed by atoms with Crippen LogP contribution in [0, 0.1) is 0 Å². The molecular weight excluding hydrogens is 402 g/mol. The molecule has 0 atom stereocenters. The molecule has 0 amide bonds. The van der Waals surface area contributed by atoms with Crippen molar-refractivity contribution in [3.05, 3.63) is 68.9 Å². The minimum atomic E-state index is -0.455. The van der Waals surface area contributed by atoms with E-state index in [1.165, 1.54) is 16.3 Å². The van der Waals surface area contributed by atoms with Gasteiger partial charge in [0.25, 0.3) is 5.56 Å². The van der Waals surface area contributed by atoms with Gasteiger partial charge in [0, 0.05) is 13.6 Å². The lowest BCUT2D eigenvalue weighted by Crippen LogP contribution is -2.31. The molecule has 30 heavy (non-hydrogen) atoms. The van der Waals surface area contributed by atoms with Gasteiger partial charge < -0.3 is 9.13 Å². The standard InChI is InChI=1S/C20H23N7O2S/c1-3-4-10-26-15(12-30-20-24-21-13-25(20)2)22-17-16(26)18(28)23-19(29)27(17)11-14-8-6-5-7-9-14/h5-9,13H,3-4,10-12H2,1-2H3,(H,23,28,29). The number of hydrogen-bond donors (Lipinski definition) is 1. The second-order valence-electron chi connectivity index (χ2n) is 7.05. The molecule has 0 fully saturated rings. The smallest absolute Gasteiger partial charge is 0.321 e. The lowest BCUT2D eigenvalue weighted by molar-refractivity contribution is 0.626. The predicted octanol–water partition coefficient (Wildman–Crippen LogP) is 2.16. The topological polar surface area (TPSA) is 103 Å². The highest BCUT2D eigenvalue weighted by molar-refractivity contribution is 7.98. The number of imidazole rings is 1. The van der Waals surface area contributed by atoms with Gasteiger partial charge in [0.05, 0.1) is 12.3 Å². The van der Waals surface area contributed by atoms with E-state index in [4.69, 9.17) is 4.98 Å². The summed E-state index contributed by atoms with van der Waals surface area (Å²) in [6.45, 7) is 3.10. The Kier molecular flexibility index (Phi) is 5.84. The maximum Gasteiger partial charge on any atom is 0.330 e. The van der Waals surface area contributed by atoms with Crippen molar-refractivity contribution in [1.82, 2.24) is 33.9 Å². The zero-order valence-corrected chi connectivity index (χ0v) is 17.7. The van der Waals surface area contributed by atoms with Crippen molar-refractivity contribution in [1.29, 1.82) is 0 Å². The zero-order chi connectivity index (χ0) is 21.1. The van der Waals surface area contributed by atoms with Gasteiger partial charge in [0.1, 0.15) is 12.2 Å². The Labute approximate surface area is 176 Å². The molecule has 1 N–H and O–H groups in total. The second-order valence-corrected chi connectivity index (χ2v) is 7.99. The fraction of sp³-hybridized carbons (Fsp3) is 0.350. The summed E-state index contributed by atoms with van der Waals surface area (Å²) in [5.74, 6) is 1.26. The summed E-state index contributed by atoms with van der Waals surface area (Å²) >= 11 is 1.50. The van der Waals surface area contributed by atoms with Gasteiger partial charge in [-0.25, -0.2) is 9.78 Å². The molecule has 0 saturated heterocycles. The Morgan fingerprint density at radius 1 is 1.13 bits per heavy atom. The van der Waals surface area contributed by atoms with Gasteiger partial charge >= 0.3 is 5.69 Å². The molecule has 1 aromatic carbocycles. The first-order valence-corrected chi connectivity index (χ1v) is 10.8. The molecule has 0 saturated carbocycles. The molecule has 4 aromatic rings. The number of rotatable bonds is 8. The molecule has 3 heterocycles. The molecule has 9 nitrogen and oxygen atoms in total. The van der Waals surface area contributed by atoms with Crippen LogP contribution in [0.3, 0.4) is 0 Å². The first-order chi connectivity index (χ1) is 14.6. The van der Waals surface area contributed by atoms with Crippen LogP contribution in [0.5, 0.6) is 0 Å². The van der Waals surface area contributed by atoms with Crippen LogP contribution in [0.15, 0.2) is 51.4 Å². The Balaban J connectivity index is 1.81. The molecule has 0 unspecified atom stereocenters. The largest absolute Gasteiger partial charge is 0.330 e. The van der Waals surface area contributed by atoms with Crippen LogP contribution in [0.1, 0.15) is 31.2 Å². The summed E-state index contributed by atoms with van der Waals surface area (Å²) in [4.78, 5) is 32.5. The third-order valence-electron chi connectivity index (χ3n) is 4.88. The molecule has 4 rings (SSSR count). The van der Waals surface area contributed by atoms with E-state index in [1.54, 1.807) is 6.33 Å². The lowest BCUT2D eigenvalue weighted by atomic mass is 10.2. The van der Waals surface area contributed by atoms with Crippen LogP contribution in [0.4, 0.5) is 0 Å². The number of fused-ring (bicyclic) bond motifs is 1. The third kappa shape index (κ3) is 3.95. The highest BCUT2D eigenvalue weighted by Crippen LogP contribution is 2.22. The number of hydrogen-bond acceptors (Lipinski definition) is 6. The molecule has 156 valence electrons. The van der Waals surface area contributed by atoms with Crippen LogP contribution < -0.4 is 11.2 Å². The Hall–Kier alpha value is -3.14. The number of benzene rings is 1. The van der Waals surface area contributed by atoms with E-state index in [0.717, 1.165) is 29.4 Å². The predicted molar refractivity (Wildman–Crippen MR) is 116 cm³/mol. The number of nitrogens with zero attached hydrogens (tertiary/aromatic N) is 6. The van der Waals surface area contributed by atoms with E-state index in [2.05, 4.69) is 22.1 Å². The van der Waals surface area contributed by atoms with Crippen LogP contribution in [0.25, 0.3) is 11.2 Å². The number of H-pyrrole nitrogens is 1. The van der Waals surface area contributed by atoms with Gasteiger partial charge in [-0.1, -0.05) is 55.4 Å². The average Bonchev–Trinajstić information content (AvgIpc) is 3.32. The molecule has 0 aliphatic rings. The van der Waals surface area contributed by atoms with Gasteiger partial charge in [-0.05, 0) is 12.0 Å². The molecule has 0 aliphatic heterocycles. The molecule has 0 radical (unpaired) electrons. The molecule has 3 aromatic heterocycles. The normalized spacial score (nSPS) is 11.4. The molecular formula is C20H23N7O2S. The maximum atomic E-state index is 12.7. The van der Waals surface area contributed by atoms with E-state index < -0.39 is 11.2 Å². The quantitative estimate of drug-likeness (QED) is 0.434. The fourth-order valence-electron chi connectivity index (χ4n) is 3.33. The summed E-state index contributed by atoms with van der Waals surface area (Å²) < 4.78 is 5.30. The second kappa shape index (κ2) is 8.70. The van der Waals surface area contributed by atoms with E-state index in [0.29, 0.717) is 30.0 Å². The Morgan fingerprint density at radius 2 is 1.93 bits per heavy atom. The van der Waals surface area contributed by atoms with Gasteiger partial charge in [0.15, 0.2) is 16.3 Å². The van der Waals surface area contributed by atoms with Gasteiger partial charge in [-0.2, -0.15) is 0 Å². The van der Waals surface area contributed by atoms with E-state index in [1.807, 2.05) is 46.5 Å². The van der Waals surface area contributed by atoms with E-state index >= 15 is 0 Å². The highest BCUT2D eigenvalue weighted by atomic mass is 32.2. The molecule has 0 aliphatic carbocycles. The number of unbranched alkanes of at least 4 members (excludes halogenated alkanes) is 1. The summed E-state index contributed by atoms with van der Waals surface area (Å²) in [6.07, 6.45) is 3.53. The number of aromatic nitrogens is 7. The van der Waals surface area contributed by atoms with Crippen LogP contribution >= 0.6 is 11.8 Å². The Morgan fingerprint density at radius 3 is 2.63 bits per heavy atom. The van der Waals surface area contributed by atoms with Gasteiger partial charge in [-0.3, -0.25) is 14.3 Å². The number of nitrogens with one attached hydrogen (secondary N) is 1. The average molecular weight is 426 g/mol. The minimum absolute atomic E-state index is 0.341.